The molecular weight excluding hydrogens is 205 g/mol. The molecule has 1 heterocycles. The summed E-state index contributed by atoms with van der Waals surface area (Å²) in [5, 5.41) is 7.02. The van der Waals surface area contributed by atoms with Crippen molar-refractivity contribution in [2.75, 3.05) is 7.05 Å². The number of nitrogens with zero attached hydrogens (tertiary/aromatic N) is 2. The highest BCUT2D eigenvalue weighted by molar-refractivity contribution is 5.62. The van der Waals surface area contributed by atoms with Gasteiger partial charge in [0, 0.05) is 30.9 Å². The largest absolute Gasteiger partial charge is 0.316 e. The van der Waals surface area contributed by atoms with Gasteiger partial charge in [-0.25, -0.2) is 4.39 Å². The standard InChI is InChI=1S/C12H14FN3/c1-14-6-9-3-4-11(12(13)5-9)10-7-15-16(2)8-10/h3-5,7-8,14H,6H2,1-2H3. The van der Waals surface area contributed by atoms with Gasteiger partial charge in [0.15, 0.2) is 0 Å². The molecule has 0 unspecified atom stereocenters. The Hall–Kier alpha value is -1.68. The first-order chi connectivity index (χ1) is 7.70. The summed E-state index contributed by atoms with van der Waals surface area (Å²) < 4.78 is 15.5. The zero-order chi connectivity index (χ0) is 11.5. The van der Waals surface area contributed by atoms with E-state index in [0.717, 1.165) is 11.1 Å². The van der Waals surface area contributed by atoms with Crippen LogP contribution in [0.2, 0.25) is 0 Å². The number of halogens is 1. The lowest BCUT2D eigenvalue weighted by atomic mass is 10.1. The Morgan fingerprint density at radius 2 is 2.25 bits per heavy atom. The van der Waals surface area contributed by atoms with E-state index in [1.165, 1.54) is 0 Å². The van der Waals surface area contributed by atoms with Gasteiger partial charge >= 0.3 is 0 Å². The lowest BCUT2D eigenvalue weighted by Crippen LogP contribution is -2.05. The number of nitrogens with one attached hydrogen (secondary N) is 1. The molecule has 1 aromatic heterocycles. The van der Waals surface area contributed by atoms with Gasteiger partial charge in [-0.1, -0.05) is 12.1 Å². The summed E-state index contributed by atoms with van der Waals surface area (Å²) in [6.07, 6.45) is 3.46. The van der Waals surface area contributed by atoms with Crippen LogP contribution in [0.4, 0.5) is 4.39 Å². The molecule has 1 aromatic carbocycles. The smallest absolute Gasteiger partial charge is 0.131 e. The first-order valence-corrected chi connectivity index (χ1v) is 5.13. The predicted octanol–water partition coefficient (Wildman–Crippen LogP) is 1.95. The Bertz CT molecular complexity index is 491. The fraction of sp³-hybridized carbons (Fsp3) is 0.250. The molecule has 0 atom stereocenters. The third-order valence-electron chi connectivity index (χ3n) is 2.43. The van der Waals surface area contributed by atoms with Crippen LogP contribution < -0.4 is 5.32 Å². The zero-order valence-electron chi connectivity index (χ0n) is 9.37. The van der Waals surface area contributed by atoms with Gasteiger partial charge in [-0.15, -0.1) is 0 Å². The summed E-state index contributed by atoms with van der Waals surface area (Å²) >= 11 is 0. The quantitative estimate of drug-likeness (QED) is 0.855. The molecule has 84 valence electrons. The van der Waals surface area contributed by atoms with E-state index in [2.05, 4.69) is 10.4 Å². The van der Waals surface area contributed by atoms with Gasteiger partial charge in [0.1, 0.15) is 5.82 Å². The molecule has 0 aliphatic rings. The SMILES string of the molecule is CNCc1ccc(-c2cnn(C)c2)c(F)c1. The number of aromatic nitrogens is 2. The molecule has 0 radical (unpaired) electrons. The van der Waals surface area contributed by atoms with Crippen molar-refractivity contribution in [1.29, 1.82) is 0 Å². The van der Waals surface area contributed by atoms with Crippen LogP contribution in [0.25, 0.3) is 11.1 Å². The summed E-state index contributed by atoms with van der Waals surface area (Å²) in [5.74, 6) is -0.208. The highest BCUT2D eigenvalue weighted by Gasteiger charge is 2.07. The normalized spacial score (nSPS) is 10.7. The summed E-state index contributed by atoms with van der Waals surface area (Å²) in [5.41, 5.74) is 2.33. The van der Waals surface area contributed by atoms with Crippen molar-refractivity contribution in [3.63, 3.8) is 0 Å². The minimum atomic E-state index is -0.208. The number of rotatable bonds is 3. The Kier molecular flexibility index (Phi) is 3.01. The van der Waals surface area contributed by atoms with Gasteiger partial charge in [0.2, 0.25) is 0 Å². The van der Waals surface area contributed by atoms with Crippen LogP contribution in [-0.2, 0) is 13.6 Å². The molecular formula is C12H14FN3. The van der Waals surface area contributed by atoms with E-state index in [1.54, 1.807) is 29.2 Å². The van der Waals surface area contributed by atoms with E-state index in [4.69, 9.17) is 0 Å². The van der Waals surface area contributed by atoms with E-state index in [1.807, 2.05) is 20.2 Å². The van der Waals surface area contributed by atoms with Crippen LogP contribution in [0, 0.1) is 5.82 Å². The maximum Gasteiger partial charge on any atom is 0.131 e. The lowest BCUT2D eigenvalue weighted by Gasteiger charge is -2.04. The fourth-order valence-electron chi connectivity index (χ4n) is 1.67. The average Bonchev–Trinajstić information content (AvgIpc) is 2.65. The summed E-state index contributed by atoms with van der Waals surface area (Å²) in [6.45, 7) is 0.671. The van der Waals surface area contributed by atoms with Gasteiger partial charge in [0.05, 0.1) is 6.20 Å². The van der Waals surface area contributed by atoms with Gasteiger partial charge in [-0.2, -0.15) is 5.10 Å². The molecule has 0 fully saturated rings. The number of hydrogen-bond donors (Lipinski definition) is 1. The van der Waals surface area contributed by atoms with Crippen molar-refractivity contribution in [3.8, 4) is 11.1 Å². The second kappa shape index (κ2) is 4.45. The Morgan fingerprint density at radius 3 is 2.81 bits per heavy atom. The van der Waals surface area contributed by atoms with E-state index >= 15 is 0 Å². The summed E-state index contributed by atoms with van der Waals surface area (Å²) in [7, 11) is 3.66. The second-order valence-electron chi connectivity index (χ2n) is 3.75. The molecule has 0 spiro atoms. The van der Waals surface area contributed by atoms with Crippen LogP contribution in [0.5, 0.6) is 0 Å². The van der Waals surface area contributed by atoms with E-state index in [-0.39, 0.29) is 5.82 Å². The van der Waals surface area contributed by atoms with Crippen LogP contribution in [-0.4, -0.2) is 16.8 Å². The molecule has 4 heteroatoms. The van der Waals surface area contributed by atoms with Crippen LogP contribution in [0.1, 0.15) is 5.56 Å². The van der Waals surface area contributed by atoms with Crippen LogP contribution in [0.15, 0.2) is 30.6 Å². The molecule has 0 bridgehead atoms. The molecule has 2 rings (SSSR count). The predicted molar refractivity (Wildman–Crippen MR) is 61.4 cm³/mol. The first-order valence-electron chi connectivity index (χ1n) is 5.13. The molecule has 2 aromatic rings. The molecule has 3 nitrogen and oxygen atoms in total. The van der Waals surface area contributed by atoms with E-state index in [0.29, 0.717) is 12.1 Å². The second-order valence-corrected chi connectivity index (χ2v) is 3.75. The van der Waals surface area contributed by atoms with E-state index < -0.39 is 0 Å². The molecule has 0 aliphatic carbocycles. The molecule has 0 aliphatic heterocycles. The minimum absolute atomic E-state index is 0.208. The van der Waals surface area contributed by atoms with Crippen molar-refractivity contribution in [2.45, 2.75) is 6.54 Å². The number of benzene rings is 1. The monoisotopic (exact) mass is 219 g/mol. The topological polar surface area (TPSA) is 29.9 Å². The third-order valence-corrected chi connectivity index (χ3v) is 2.43. The first kappa shape index (κ1) is 10.8. The van der Waals surface area contributed by atoms with Gasteiger partial charge < -0.3 is 5.32 Å². The summed E-state index contributed by atoms with van der Waals surface area (Å²) in [6, 6.07) is 5.26. The maximum absolute atomic E-state index is 13.8. The Labute approximate surface area is 93.9 Å². The number of aryl methyl sites for hydroxylation is 1. The van der Waals surface area contributed by atoms with Crippen molar-refractivity contribution >= 4 is 0 Å². The minimum Gasteiger partial charge on any atom is -0.316 e. The average molecular weight is 219 g/mol. The van der Waals surface area contributed by atoms with Gasteiger partial charge in [-0.3, -0.25) is 4.68 Å². The summed E-state index contributed by atoms with van der Waals surface area (Å²) in [4.78, 5) is 0. The Morgan fingerprint density at radius 1 is 1.44 bits per heavy atom. The molecule has 1 N–H and O–H groups in total. The highest BCUT2D eigenvalue weighted by atomic mass is 19.1. The Balaban J connectivity index is 2.36. The lowest BCUT2D eigenvalue weighted by molar-refractivity contribution is 0.627. The van der Waals surface area contributed by atoms with Crippen molar-refractivity contribution in [3.05, 3.63) is 42.0 Å². The van der Waals surface area contributed by atoms with Crippen molar-refractivity contribution < 1.29 is 4.39 Å². The molecule has 0 saturated heterocycles. The van der Waals surface area contributed by atoms with E-state index in [9.17, 15) is 4.39 Å². The fourth-order valence-corrected chi connectivity index (χ4v) is 1.67. The van der Waals surface area contributed by atoms with Crippen molar-refractivity contribution in [1.82, 2.24) is 15.1 Å². The van der Waals surface area contributed by atoms with Gasteiger partial charge in [-0.05, 0) is 18.7 Å². The van der Waals surface area contributed by atoms with Crippen LogP contribution >= 0.6 is 0 Å². The maximum atomic E-state index is 13.8. The molecule has 16 heavy (non-hydrogen) atoms. The van der Waals surface area contributed by atoms with Crippen molar-refractivity contribution in [2.24, 2.45) is 7.05 Å². The molecule has 0 saturated carbocycles. The highest BCUT2D eigenvalue weighted by Crippen LogP contribution is 2.22. The third kappa shape index (κ3) is 2.12. The van der Waals surface area contributed by atoms with Crippen LogP contribution in [0.3, 0.4) is 0 Å². The number of hydrogen-bond acceptors (Lipinski definition) is 2. The van der Waals surface area contributed by atoms with Gasteiger partial charge in [0.25, 0.3) is 0 Å². The zero-order valence-corrected chi connectivity index (χ0v) is 9.37. The molecule has 0 amide bonds.